The second-order valence-corrected chi connectivity index (χ2v) is 6.37. The summed E-state index contributed by atoms with van der Waals surface area (Å²) in [7, 11) is 0. The second-order valence-electron chi connectivity index (χ2n) is 5.52. The first-order valence-electron chi connectivity index (χ1n) is 8.39. The number of hydrogen-bond acceptors (Lipinski definition) is 6. The summed E-state index contributed by atoms with van der Waals surface area (Å²) >= 11 is 3.06. The average Bonchev–Trinajstić information content (AvgIpc) is 2.66. The van der Waals surface area contributed by atoms with Crippen LogP contribution in [0.3, 0.4) is 0 Å². The molecule has 1 aromatic carbocycles. The standard InChI is InChI=1S/C18H23BrN4O5/c1-12(22-23-13(2)25)14-3-5-15(6-4-14)21-17(26)11-16(19)18(27)20-7-9-28-10-8-24/h3-6,11,24H,7-10H2,1-2H3,(H,20,27)(H,21,26)(H,23,25)/b16-11+,22-12+. The van der Waals surface area contributed by atoms with E-state index >= 15 is 0 Å². The van der Waals surface area contributed by atoms with Gasteiger partial charge in [0.25, 0.3) is 5.91 Å². The highest BCUT2D eigenvalue weighted by atomic mass is 79.9. The van der Waals surface area contributed by atoms with Gasteiger partial charge in [0, 0.05) is 25.2 Å². The Bertz CT molecular complexity index is 747. The second kappa shape index (κ2) is 12.8. The molecule has 0 aromatic heterocycles. The summed E-state index contributed by atoms with van der Waals surface area (Å²) in [5.74, 6) is -1.19. The van der Waals surface area contributed by atoms with E-state index in [1.807, 2.05) is 0 Å². The monoisotopic (exact) mass is 454 g/mol. The van der Waals surface area contributed by atoms with Crippen LogP contribution in [0, 0.1) is 0 Å². The van der Waals surface area contributed by atoms with Crippen molar-refractivity contribution < 1.29 is 24.2 Å². The third-order valence-corrected chi connectivity index (χ3v) is 3.78. The molecule has 0 aliphatic heterocycles. The summed E-state index contributed by atoms with van der Waals surface area (Å²) in [6.45, 7) is 3.75. The van der Waals surface area contributed by atoms with Gasteiger partial charge in [0.2, 0.25) is 11.8 Å². The Kier molecular flexibility index (Phi) is 10.7. The number of halogens is 1. The zero-order chi connectivity index (χ0) is 20.9. The van der Waals surface area contributed by atoms with Crippen molar-refractivity contribution in [3.63, 3.8) is 0 Å². The highest BCUT2D eigenvalue weighted by Gasteiger charge is 2.08. The van der Waals surface area contributed by atoms with Crippen LogP contribution in [0.25, 0.3) is 0 Å². The first kappa shape index (κ1) is 23.5. The first-order chi connectivity index (χ1) is 13.3. The van der Waals surface area contributed by atoms with E-state index in [1.165, 1.54) is 6.92 Å². The number of carbonyl (C=O) groups excluding carboxylic acids is 3. The van der Waals surface area contributed by atoms with Crippen LogP contribution in [0.2, 0.25) is 0 Å². The SMILES string of the molecule is CC(=O)N/N=C(\C)c1ccc(NC(=O)/C=C(/Br)C(=O)NCCOCCO)cc1. The van der Waals surface area contributed by atoms with Crippen LogP contribution in [-0.2, 0) is 19.1 Å². The maximum atomic E-state index is 12.0. The number of nitrogens with one attached hydrogen (secondary N) is 3. The van der Waals surface area contributed by atoms with Crippen LogP contribution < -0.4 is 16.1 Å². The van der Waals surface area contributed by atoms with Gasteiger partial charge in [-0.15, -0.1) is 0 Å². The smallest absolute Gasteiger partial charge is 0.258 e. The molecule has 0 saturated heterocycles. The van der Waals surface area contributed by atoms with E-state index in [1.54, 1.807) is 31.2 Å². The minimum absolute atomic E-state index is 0.0714. The molecule has 0 saturated carbocycles. The van der Waals surface area contributed by atoms with Crippen molar-refractivity contribution in [3.05, 3.63) is 40.4 Å². The molecule has 4 N–H and O–H groups in total. The average molecular weight is 455 g/mol. The number of ether oxygens (including phenoxy) is 1. The maximum absolute atomic E-state index is 12.0. The lowest BCUT2D eigenvalue weighted by Gasteiger charge is -2.06. The summed E-state index contributed by atoms with van der Waals surface area (Å²) < 4.78 is 5.09. The number of anilines is 1. The van der Waals surface area contributed by atoms with Crippen LogP contribution in [0.15, 0.2) is 39.9 Å². The summed E-state index contributed by atoms with van der Waals surface area (Å²) in [6, 6.07) is 6.85. The number of carbonyl (C=O) groups is 3. The maximum Gasteiger partial charge on any atom is 0.258 e. The molecule has 9 nitrogen and oxygen atoms in total. The van der Waals surface area contributed by atoms with Crippen molar-refractivity contribution in [2.75, 3.05) is 31.7 Å². The van der Waals surface area contributed by atoms with E-state index < -0.39 is 11.8 Å². The van der Waals surface area contributed by atoms with Gasteiger partial charge in [-0.2, -0.15) is 5.10 Å². The summed E-state index contributed by atoms with van der Waals surface area (Å²) in [5.41, 5.74) is 4.30. The molecule has 1 rings (SSSR count). The van der Waals surface area contributed by atoms with Gasteiger partial charge in [-0.25, -0.2) is 5.43 Å². The summed E-state index contributed by atoms with van der Waals surface area (Å²) in [5, 5.41) is 17.7. The van der Waals surface area contributed by atoms with Gasteiger partial charge < -0.3 is 20.5 Å². The van der Waals surface area contributed by atoms with Crippen LogP contribution in [0.5, 0.6) is 0 Å². The molecule has 28 heavy (non-hydrogen) atoms. The predicted molar refractivity (Wildman–Crippen MR) is 109 cm³/mol. The number of hydrogen-bond donors (Lipinski definition) is 4. The van der Waals surface area contributed by atoms with E-state index in [0.29, 0.717) is 11.4 Å². The van der Waals surface area contributed by atoms with Crippen LogP contribution >= 0.6 is 15.9 Å². The number of hydrazone groups is 1. The van der Waals surface area contributed by atoms with Crippen LogP contribution in [0.4, 0.5) is 5.69 Å². The highest BCUT2D eigenvalue weighted by Crippen LogP contribution is 2.12. The van der Waals surface area contributed by atoms with Gasteiger partial charge in [0.15, 0.2) is 0 Å². The summed E-state index contributed by atoms with van der Waals surface area (Å²) in [6.07, 6.45) is 1.13. The fraction of sp³-hybridized carbons (Fsp3) is 0.333. The molecule has 0 spiro atoms. The van der Waals surface area contributed by atoms with Crippen molar-refractivity contribution in [1.29, 1.82) is 0 Å². The van der Waals surface area contributed by atoms with Gasteiger partial charge in [0.1, 0.15) is 0 Å². The van der Waals surface area contributed by atoms with Gasteiger partial charge in [-0.1, -0.05) is 12.1 Å². The van der Waals surface area contributed by atoms with Crippen molar-refractivity contribution >= 4 is 45.1 Å². The fourth-order valence-corrected chi connectivity index (χ4v) is 2.22. The van der Waals surface area contributed by atoms with Crippen LogP contribution in [-0.4, -0.2) is 54.9 Å². The highest BCUT2D eigenvalue weighted by molar-refractivity contribution is 9.12. The lowest BCUT2D eigenvalue weighted by Crippen LogP contribution is -2.28. The molecule has 0 aliphatic rings. The molecule has 0 fully saturated rings. The quantitative estimate of drug-likeness (QED) is 0.180. The summed E-state index contributed by atoms with van der Waals surface area (Å²) in [4.78, 5) is 34.7. The Labute approximate surface area is 171 Å². The molecule has 0 bridgehead atoms. The first-order valence-corrected chi connectivity index (χ1v) is 9.19. The van der Waals surface area contributed by atoms with E-state index in [-0.39, 0.29) is 36.8 Å². The number of benzene rings is 1. The zero-order valence-corrected chi connectivity index (χ0v) is 17.2. The van der Waals surface area contributed by atoms with E-state index in [2.05, 4.69) is 37.1 Å². The van der Waals surface area contributed by atoms with Crippen molar-refractivity contribution in [2.24, 2.45) is 5.10 Å². The van der Waals surface area contributed by atoms with Crippen molar-refractivity contribution in [2.45, 2.75) is 13.8 Å². The van der Waals surface area contributed by atoms with Crippen LogP contribution in [0.1, 0.15) is 19.4 Å². The Balaban J connectivity index is 2.55. The Hall–Kier alpha value is -2.56. The Morgan fingerprint density at radius 2 is 1.86 bits per heavy atom. The molecule has 1 aromatic rings. The zero-order valence-electron chi connectivity index (χ0n) is 15.6. The third kappa shape index (κ3) is 9.40. The number of nitrogens with zero attached hydrogens (tertiary/aromatic N) is 1. The molecule has 10 heteroatoms. The molecule has 0 atom stereocenters. The normalized spacial score (nSPS) is 11.7. The lowest BCUT2D eigenvalue weighted by molar-refractivity contribution is -0.119. The number of rotatable bonds is 10. The van der Waals surface area contributed by atoms with Crippen molar-refractivity contribution in [3.8, 4) is 0 Å². The van der Waals surface area contributed by atoms with E-state index in [9.17, 15) is 14.4 Å². The molecule has 3 amide bonds. The Morgan fingerprint density at radius 3 is 2.46 bits per heavy atom. The number of aliphatic hydroxyl groups excluding tert-OH is 1. The Morgan fingerprint density at radius 1 is 1.18 bits per heavy atom. The van der Waals surface area contributed by atoms with E-state index in [0.717, 1.165) is 11.6 Å². The third-order valence-electron chi connectivity index (χ3n) is 3.19. The van der Waals surface area contributed by atoms with E-state index in [4.69, 9.17) is 9.84 Å². The van der Waals surface area contributed by atoms with Crippen molar-refractivity contribution in [1.82, 2.24) is 10.7 Å². The minimum Gasteiger partial charge on any atom is -0.394 e. The molecule has 0 aliphatic carbocycles. The predicted octanol–water partition coefficient (Wildman–Crippen LogP) is 0.889. The molecular weight excluding hydrogens is 432 g/mol. The molecule has 0 heterocycles. The lowest BCUT2D eigenvalue weighted by atomic mass is 10.1. The van der Waals surface area contributed by atoms with Gasteiger partial charge in [-0.3, -0.25) is 14.4 Å². The molecule has 0 unspecified atom stereocenters. The van der Waals surface area contributed by atoms with Gasteiger partial charge in [0.05, 0.1) is 30.0 Å². The van der Waals surface area contributed by atoms with Gasteiger partial charge in [-0.05, 0) is 40.5 Å². The largest absolute Gasteiger partial charge is 0.394 e. The number of amides is 3. The van der Waals surface area contributed by atoms with Gasteiger partial charge >= 0.3 is 0 Å². The molecule has 0 radical (unpaired) electrons. The number of aliphatic hydroxyl groups is 1. The molecule has 152 valence electrons. The fourth-order valence-electron chi connectivity index (χ4n) is 1.87. The minimum atomic E-state index is -0.477. The topological polar surface area (TPSA) is 129 Å². The molecular formula is C18H23BrN4O5.